The number of hydrogen-bond acceptors (Lipinski definition) is 3. The number of benzene rings is 1. The summed E-state index contributed by atoms with van der Waals surface area (Å²) in [5.74, 6) is 2.00. The highest BCUT2D eigenvalue weighted by Gasteiger charge is 2.50. The highest BCUT2D eigenvalue weighted by molar-refractivity contribution is 9.10. The van der Waals surface area contributed by atoms with E-state index in [4.69, 9.17) is 5.73 Å². The van der Waals surface area contributed by atoms with Crippen LogP contribution in [0.2, 0.25) is 0 Å². The van der Waals surface area contributed by atoms with E-state index in [0.717, 1.165) is 22.6 Å². The zero-order valence-corrected chi connectivity index (χ0v) is 13.7. The van der Waals surface area contributed by atoms with E-state index < -0.39 is 0 Å². The van der Waals surface area contributed by atoms with E-state index in [0.29, 0.717) is 11.9 Å². The predicted octanol–water partition coefficient (Wildman–Crippen LogP) is 3.78. The van der Waals surface area contributed by atoms with Gasteiger partial charge in [-0.1, -0.05) is 42.6 Å². The Morgan fingerprint density at radius 1 is 1.30 bits per heavy atom. The first-order valence-corrected chi connectivity index (χ1v) is 8.19. The van der Waals surface area contributed by atoms with Gasteiger partial charge in [0.05, 0.1) is 12.1 Å². The van der Waals surface area contributed by atoms with E-state index in [1.165, 1.54) is 19.3 Å². The zero-order chi connectivity index (χ0) is 14.3. The number of guanidine groups is 1. The molecule has 20 heavy (non-hydrogen) atoms. The third-order valence-electron chi connectivity index (χ3n) is 5.24. The summed E-state index contributed by atoms with van der Waals surface area (Å²) in [4.78, 5) is 6.88. The first kappa shape index (κ1) is 13.9. The third kappa shape index (κ3) is 2.05. The molecule has 1 heterocycles. The fourth-order valence-electron chi connectivity index (χ4n) is 3.84. The lowest BCUT2D eigenvalue weighted by Gasteiger charge is -2.49. The Labute approximate surface area is 129 Å². The maximum atomic E-state index is 6.23. The molecule has 0 aromatic heterocycles. The van der Waals surface area contributed by atoms with Gasteiger partial charge in [0.2, 0.25) is 0 Å². The first-order valence-electron chi connectivity index (χ1n) is 7.40. The highest BCUT2D eigenvalue weighted by atomic mass is 79.9. The molecule has 0 amide bonds. The SMILES string of the molecule is CC1CCCC2(CN=C(N)N2c2ccc(Br)cc2)C1C. The lowest BCUT2D eigenvalue weighted by atomic mass is 9.67. The lowest BCUT2D eigenvalue weighted by molar-refractivity contribution is 0.159. The number of nitrogens with zero attached hydrogens (tertiary/aromatic N) is 2. The van der Waals surface area contributed by atoms with Crippen LogP contribution in [0.5, 0.6) is 0 Å². The van der Waals surface area contributed by atoms with Gasteiger partial charge in [-0.2, -0.15) is 0 Å². The fourth-order valence-corrected chi connectivity index (χ4v) is 4.11. The standard InChI is InChI=1S/C16H22BrN3/c1-11-4-3-9-16(12(11)2)10-19-15(18)20(16)14-7-5-13(17)6-8-14/h5-8,11-12H,3-4,9-10H2,1-2H3,(H2,18,19). The van der Waals surface area contributed by atoms with Gasteiger partial charge >= 0.3 is 0 Å². The van der Waals surface area contributed by atoms with Gasteiger partial charge in [-0.05, 0) is 42.5 Å². The van der Waals surface area contributed by atoms with E-state index in [1.807, 2.05) is 0 Å². The van der Waals surface area contributed by atoms with Gasteiger partial charge in [-0.3, -0.25) is 4.99 Å². The maximum Gasteiger partial charge on any atom is 0.196 e. The molecule has 0 saturated heterocycles. The number of halogens is 1. The van der Waals surface area contributed by atoms with Crippen LogP contribution in [-0.2, 0) is 0 Å². The summed E-state index contributed by atoms with van der Waals surface area (Å²) in [6.07, 6.45) is 3.76. The summed E-state index contributed by atoms with van der Waals surface area (Å²) in [5, 5.41) is 0. The summed E-state index contributed by atoms with van der Waals surface area (Å²) >= 11 is 3.50. The van der Waals surface area contributed by atoms with Gasteiger partial charge in [-0.15, -0.1) is 0 Å². The molecule has 0 radical (unpaired) electrons. The molecule has 1 aromatic carbocycles. The average Bonchev–Trinajstić information content (AvgIpc) is 2.75. The molecule has 3 atom stereocenters. The molecule has 1 saturated carbocycles. The average molecular weight is 336 g/mol. The van der Waals surface area contributed by atoms with Gasteiger partial charge < -0.3 is 10.6 Å². The summed E-state index contributed by atoms with van der Waals surface area (Å²) < 4.78 is 1.09. The molecule has 0 bridgehead atoms. The van der Waals surface area contributed by atoms with Crippen molar-refractivity contribution in [1.82, 2.24) is 0 Å². The largest absolute Gasteiger partial charge is 0.369 e. The van der Waals surface area contributed by atoms with Gasteiger partial charge in [0.1, 0.15) is 0 Å². The first-order chi connectivity index (χ1) is 9.54. The van der Waals surface area contributed by atoms with E-state index in [2.05, 4.69) is 63.9 Å². The van der Waals surface area contributed by atoms with Gasteiger partial charge in [0, 0.05) is 10.2 Å². The summed E-state index contributed by atoms with van der Waals surface area (Å²) in [7, 11) is 0. The van der Waals surface area contributed by atoms with Crippen LogP contribution >= 0.6 is 15.9 Å². The third-order valence-corrected chi connectivity index (χ3v) is 5.77. The Kier molecular flexibility index (Phi) is 3.53. The molecular formula is C16H22BrN3. The van der Waals surface area contributed by atoms with Crippen molar-refractivity contribution in [3.8, 4) is 0 Å². The summed E-state index contributed by atoms with van der Waals surface area (Å²) in [6, 6.07) is 8.41. The molecule has 3 rings (SSSR count). The second-order valence-electron chi connectivity index (χ2n) is 6.25. The van der Waals surface area contributed by atoms with Crippen molar-refractivity contribution in [3.63, 3.8) is 0 Å². The van der Waals surface area contributed by atoms with Gasteiger partial charge in [0.15, 0.2) is 5.96 Å². The maximum absolute atomic E-state index is 6.23. The molecule has 1 aromatic rings. The van der Waals surface area contributed by atoms with E-state index in [-0.39, 0.29) is 5.54 Å². The molecular weight excluding hydrogens is 314 g/mol. The van der Waals surface area contributed by atoms with E-state index in [1.54, 1.807) is 0 Å². The Morgan fingerprint density at radius 2 is 2.00 bits per heavy atom. The Hall–Kier alpha value is -1.03. The Balaban J connectivity index is 2.01. The minimum atomic E-state index is 0.0789. The molecule has 1 spiro atoms. The summed E-state index contributed by atoms with van der Waals surface area (Å²) in [5.41, 5.74) is 7.47. The zero-order valence-electron chi connectivity index (χ0n) is 12.1. The van der Waals surface area contributed by atoms with Gasteiger partial charge in [-0.25, -0.2) is 0 Å². The normalized spacial score (nSPS) is 33.5. The van der Waals surface area contributed by atoms with Crippen LogP contribution in [0.25, 0.3) is 0 Å². The molecule has 4 heteroatoms. The van der Waals surface area contributed by atoms with E-state index >= 15 is 0 Å². The van der Waals surface area contributed by atoms with Crippen molar-refractivity contribution >= 4 is 27.6 Å². The smallest absolute Gasteiger partial charge is 0.196 e. The van der Waals surface area contributed by atoms with E-state index in [9.17, 15) is 0 Å². The molecule has 1 fully saturated rings. The van der Waals surface area contributed by atoms with Crippen LogP contribution in [0, 0.1) is 11.8 Å². The van der Waals surface area contributed by atoms with Crippen molar-refractivity contribution < 1.29 is 0 Å². The molecule has 2 N–H and O–H groups in total. The van der Waals surface area contributed by atoms with Gasteiger partial charge in [0.25, 0.3) is 0 Å². The van der Waals surface area contributed by atoms with Crippen molar-refractivity contribution in [2.75, 3.05) is 11.4 Å². The van der Waals surface area contributed by atoms with Crippen LogP contribution < -0.4 is 10.6 Å². The second kappa shape index (κ2) is 5.06. The Morgan fingerprint density at radius 3 is 2.70 bits per heavy atom. The number of hydrogen-bond donors (Lipinski definition) is 1. The van der Waals surface area contributed by atoms with Crippen LogP contribution in [-0.4, -0.2) is 18.0 Å². The van der Waals surface area contributed by atoms with Crippen molar-refractivity contribution in [1.29, 1.82) is 0 Å². The van der Waals surface area contributed by atoms with Crippen LogP contribution in [0.4, 0.5) is 5.69 Å². The highest BCUT2D eigenvalue weighted by Crippen LogP contribution is 2.45. The Bertz CT molecular complexity index is 525. The molecule has 3 unspecified atom stereocenters. The fraction of sp³-hybridized carbons (Fsp3) is 0.562. The second-order valence-corrected chi connectivity index (χ2v) is 7.16. The monoisotopic (exact) mass is 335 g/mol. The number of aliphatic imine (C=N–C) groups is 1. The molecule has 3 nitrogen and oxygen atoms in total. The minimum Gasteiger partial charge on any atom is -0.369 e. The topological polar surface area (TPSA) is 41.6 Å². The quantitative estimate of drug-likeness (QED) is 0.848. The van der Waals surface area contributed by atoms with Crippen LogP contribution in [0.15, 0.2) is 33.7 Å². The lowest BCUT2D eigenvalue weighted by Crippen LogP contribution is -2.58. The molecule has 1 aliphatic heterocycles. The summed E-state index contributed by atoms with van der Waals surface area (Å²) in [6.45, 7) is 5.56. The minimum absolute atomic E-state index is 0.0789. The number of nitrogens with two attached hydrogens (primary N) is 1. The molecule has 108 valence electrons. The predicted molar refractivity (Wildman–Crippen MR) is 88.0 cm³/mol. The number of anilines is 1. The van der Waals surface area contributed by atoms with Crippen molar-refractivity contribution in [2.45, 2.75) is 38.6 Å². The van der Waals surface area contributed by atoms with Crippen LogP contribution in [0.1, 0.15) is 33.1 Å². The number of rotatable bonds is 1. The molecule has 1 aliphatic carbocycles. The van der Waals surface area contributed by atoms with Crippen LogP contribution in [0.3, 0.4) is 0 Å². The van der Waals surface area contributed by atoms with Crippen molar-refractivity contribution in [3.05, 3.63) is 28.7 Å². The van der Waals surface area contributed by atoms with Crippen molar-refractivity contribution in [2.24, 2.45) is 22.6 Å². The molecule has 2 aliphatic rings.